The van der Waals surface area contributed by atoms with Crippen LogP contribution in [-0.4, -0.2) is 53.6 Å². The minimum absolute atomic E-state index is 0.000157. The molecule has 2 heterocycles. The minimum Gasteiger partial charge on any atom is -0.339 e. The second-order valence-corrected chi connectivity index (χ2v) is 6.51. The Hall–Kier alpha value is -1.69. The number of nitrogens with zero attached hydrogens (tertiary/aromatic N) is 2. The molecule has 1 saturated heterocycles. The van der Waals surface area contributed by atoms with Crippen LogP contribution in [0.2, 0.25) is 0 Å². The summed E-state index contributed by atoms with van der Waals surface area (Å²) in [5, 5.41) is 0. The number of Topliss-reactive ketones (excluding diaryl/α,β-unsaturated/α-hetero) is 1. The van der Waals surface area contributed by atoms with Gasteiger partial charge in [0.25, 0.3) is 0 Å². The van der Waals surface area contributed by atoms with E-state index in [0.29, 0.717) is 26.2 Å². The lowest BCUT2D eigenvalue weighted by atomic mass is 10.1. The Morgan fingerprint density at radius 2 is 1.67 bits per heavy atom. The van der Waals surface area contributed by atoms with Gasteiger partial charge in [0.15, 0.2) is 5.78 Å². The van der Waals surface area contributed by atoms with E-state index in [-0.39, 0.29) is 30.4 Å². The Bertz CT molecular complexity index is 545. The molecule has 0 unspecified atom stereocenters. The highest BCUT2D eigenvalue weighted by Crippen LogP contribution is 2.18. The highest BCUT2D eigenvalue weighted by atomic mass is 32.1. The van der Waals surface area contributed by atoms with Gasteiger partial charge in [0.1, 0.15) is 0 Å². The average molecular weight is 308 g/mol. The van der Waals surface area contributed by atoms with Gasteiger partial charge in [-0.25, -0.2) is 0 Å². The van der Waals surface area contributed by atoms with E-state index in [1.54, 1.807) is 16.7 Å². The Balaban J connectivity index is 1.78. The van der Waals surface area contributed by atoms with Crippen LogP contribution in [-0.2, 0) is 9.59 Å². The molecule has 0 bridgehead atoms. The second kappa shape index (κ2) is 6.85. The fraction of sp³-hybridized carbons (Fsp3) is 0.533. The summed E-state index contributed by atoms with van der Waals surface area (Å²) in [7, 11) is 0. The Labute approximate surface area is 128 Å². The first-order chi connectivity index (χ1) is 9.97. The number of hydrogen-bond donors (Lipinski definition) is 0. The lowest BCUT2D eigenvalue weighted by molar-refractivity contribution is -0.138. The Morgan fingerprint density at radius 1 is 1.05 bits per heavy atom. The molecule has 6 heteroatoms. The van der Waals surface area contributed by atoms with Gasteiger partial charge in [-0.3, -0.25) is 14.4 Å². The van der Waals surface area contributed by atoms with E-state index in [2.05, 4.69) is 0 Å². The first-order valence-corrected chi connectivity index (χ1v) is 7.92. The number of amides is 2. The van der Waals surface area contributed by atoms with Crippen molar-refractivity contribution in [3.05, 3.63) is 21.9 Å². The van der Waals surface area contributed by atoms with Crippen LogP contribution < -0.4 is 0 Å². The molecule has 5 nitrogen and oxygen atoms in total. The maximum Gasteiger partial charge on any atom is 0.223 e. The van der Waals surface area contributed by atoms with Crippen LogP contribution in [0.1, 0.15) is 34.3 Å². The molecule has 1 aromatic rings. The topological polar surface area (TPSA) is 57.7 Å². The summed E-state index contributed by atoms with van der Waals surface area (Å²) in [6.07, 6.45) is 0.502. The highest BCUT2D eigenvalue weighted by molar-refractivity contribution is 7.14. The van der Waals surface area contributed by atoms with Gasteiger partial charge in [-0.15, -0.1) is 11.3 Å². The molecule has 1 aliphatic heterocycles. The summed E-state index contributed by atoms with van der Waals surface area (Å²) in [4.78, 5) is 40.6. The zero-order chi connectivity index (χ0) is 15.4. The third-order valence-corrected chi connectivity index (χ3v) is 4.70. The number of ketones is 1. The van der Waals surface area contributed by atoms with E-state index in [1.807, 2.05) is 19.1 Å². The number of rotatable bonds is 4. The van der Waals surface area contributed by atoms with Crippen LogP contribution in [0.5, 0.6) is 0 Å². The van der Waals surface area contributed by atoms with E-state index in [0.717, 1.165) is 9.75 Å². The van der Waals surface area contributed by atoms with Gasteiger partial charge in [0.2, 0.25) is 11.8 Å². The molecule has 0 spiro atoms. The average Bonchev–Trinajstić information content (AvgIpc) is 2.91. The van der Waals surface area contributed by atoms with Gasteiger partial charge in [0.05, 0.1) is 4.88 Å². The fourth-order valence-electron chi connectivity index (χ4n) is 2.36. The molecule has 1 fully saturated rings. The van der Waals surface area contributed by atoms with Gasteiger partial charge >= 0.3 is 0 Å². The van der Waals surface area contributed by atoms with Crippen molar-refractivity contribution in [2.75, 3.05) is 26.2 Å². The molecule has 2 rings (SSSR count). The first-order valence-electron chi connectivity index (χ1n) is 7.10. The Kier molecular flexibility index (Phi) is 5.12. The molecule has 2 amide bonds. The maximum atomic E-state index is 12.1. The van der Waals surface area contributed by atoms with Crippen molar-refractivity contribution in [1.29, 1.82) is 0 Å². The summed E-state index contributed by atoms with van der Waals surface area (Å²) in [6.45, 7) is 5.79. The smallest absolute Gasteiger partial charge is 0.223 e. The Morgan fingerprint density at radius 3 is 2.19 bits per heavy atom. The summed E-state index contributed by atoms with van der Waals surface area (Å²) in [6, 6.07) is 3.74. The number of hydrogen-bond acceptors (Lipinski definition) is 4. The van der Waals surface area contributed by atoms with Crippen molar-refractivity contribution in [1.82, 2.24) is 9.80 Å². The standard InChI is InChI=1S/C15H20N2O3S/c1-11-3-5-14(21-11)13(19)4-6-15(20)17-9-7-16(8-10-17)12(2)18/h3,5H,4,6-10H2,1-2H3. The van der Waals surface area contributed by atoms with Crippen LogP contribution in [0.25, 0.3) is 0 Å². The predicted molar refractivity (Wildman–Crippen MR) is 81.5 cm³/mol. The van der Waals surface area contributed by atoms with Crippen molar-refractivity contribution in [2.45, 2.75) is 26.7 Å². The van der Waals surface area contributed by atoms with Gasteiger partial charge in [-0.2, -0.15) is 0 Å². The third kappa shape index (κ3) is 4.14. The van der Waals surface area contributed by atoms with Crippen molar-refractivity contribution < 1.29 is 14.4 Å². The monoisotopic (exact) mass is 308 g/mol. The first kappa shape index (κ1) is 15.7. The van der Waals surface area contributed by atoms with Crippen LogP contribution in [0.15, 0.2) is 12.1 Å². The molecular weight excluding hydrogens is 288 g/mol. The van der Waals surface area contributed by atoms with Crippen LogP contribution in [0.3, 0.4) is 0 Å². The van der Waals surface area contributed by atoms with Gasteiger partial charge in [-0.05, 0) is 19.1 Å². The number of thiophene rings is 1. The molecule has 0 aliphatic carbocycles. The third-order valence-electron chi connectivity index (χ3n) is 3.66. The van der Waals surface area contributed by atoms with Crippen molar-refractivity contribution in [2.24, 2.45) is 0 Å². The van der Waals surface area contributed by atoms with Crippen molar-refractivity contribution in [3.8, 4) is 0 Å². The highest BCUT2D eigenvalue weighted by Gasteiger charge is 2.22. The van der Waals surface area contributed by atoms with Crippen LogP contribution in [0, 0.1) is 6.92 Å². The van der Waals surface area contributed by atoms with E-state index < -0.39 is 0 Å². The molecule has 0 saturated carbocycles. The number of carbonyl (C=O) groups is 3. The predicted octanol–water partition coefficient (Wildman–Crippen LogP) is 1.71. The summed E-state index contributed by atoms with van der Waals surface area (Å²) < 4.78 is 0. The zero-order valence-electron chi connectivity index (χ0n) is 12.4. The molecule has 1 aromatic heterocycles. The molecule has 114 valence electrons. The van der Waals surface area contributed by atoms with Crippen LogP contribution >= 0.6 is 11.3 Å². The minimum atomic E-state index is -0.000157. The summed E-state index contributed by atoms with van der Waals surface area (Å²) in [5.41, 5.74) is 0. The van der Waals surface area contributed by atoms with E-state index in [4.69, 9.17) is 0 Å². The largest absolute Gasteiger partial charge is 0.339 e. The van der Waals surface area contributed by atoms with E-state index in [9.17, 15) is 14.4 Å². The van der Waals surface area contributed by atoms with Crippen molar-refractivity contribution >= 4 is 28.9 Å². The molecule has 0 N–H and O–H groups in total. The lowest BCUT2D eigenvalue weighted by Crippen LogP contribution is -2.50. The zero-order valence-corrected chi connectivity index (χ0v) is 13.2. The van der Waals surface area contributed by atoms with E-state index in [1.165, 1.54) is 11.3 Å². The van der Waals surface area contributed by atoms with Crippen LogP contribution in [0.4, 0.5) is 0 Å². The number of piperazine rings is 1. The molecule has 21 heavy (non-hydrogen) atoms. The second-order valence-electron chi connectivity index (χ2n) is 5.22. The fourth-order valence-corrected chi connectivity index (χ4v) is 3.19. The number of aryl methyl sites for hydroxylation is 1. The number of carbonyl (C=O) groups excluding carboxylic acids is 3. The van der Waals surface area contributed by atoms with Gasteiger partial charge < -0.3 is 9.80 Å². The summed E-state index contributed by atoms with van der Waals surface area (Å²) >= 11 is 1.47. The van der Waals surface area contributed by atoms with Gasteiger partial charge in [-0.1, -0.05) is 0 Å². The molecule has 1 aliphatic rings. The summed E-state index contributed by atoms with van der Waals surface area (Å²) in [5.74, 6) is 0.0778. The molecule has 0 radical (unpaired) electrons. The SMILES string of the molecule is CC(=O)N1CCN(C(=O)CCC(=O)c2ccc(C)s2)CC1. The lowest BCUT2D eigenvalue weighted by Gasteiger charge is -2.34. The molecule has 0 atom stereocenters. The molecular formula is C15H20N2O3S. The van der Waals surface area contributed by atoms with E-state index >= 15 is 0 Å². The normalized spacial score (nSPS) is 15.1. The quantitative estimate of drug-likeness (QED) is 0.796. The maximum absolute atomic E-state index is 12.1. The van der Waals surface area contributed by atoms with Crippen molar-refractivity contribution in [3.63, 3.8) is 0 Å². The van der Waals surface area contributed by atoms with Gasteiger partial charge in [0, 0.05) is 50.8 Å². The molecule has 0 aromatic carbocycles.